The molecule has 0 fully saturated rings. The van der Waals surface area contributed by atoms with E-state index in [1.54, 1.807) is 18.3 Å². The Morgan fingerprint density at radius 3 is 2.81 bits per heavy atom. The third-order valence-electron chi connectivity index (χ3n) is 3.32. The molecule has 1 heterocycles. The highest BCUT2D eigenvalue weighted by molar-refractivity contribution is 14.1. The van der Waals surface area contributed by atoms with E-state index in [-0.39, 0.29) is 5.78 Å². The molecule has 0 aliphatic carbocycles. The average Bonchev–Trinajstić information content (AvgIpc) is 2.50. The maximum Gasteiger partial charge on any atom is 0.168 e. The van der Waals surface area contributed by atoms with Gasteiger partial charge in [0.15, 0.2) is 5.78 Å². The number of Topliss-reactive ketones (excluding diaryl/α,β-unsaturated/α-hetero) is 1. The third kappa shape index (κ3) is 3.09. The molecule has 0 spiro atoms. The largest absolute Gasteiger partial charge is 0.294 e. The molecule has 0 saturated heterocycles. The van der Waals surface area contributed by atoms with Gasteiger partial charge in [0.1, 0.15) is 0 Å². The van der Waals surface area contributed by atoms with E-state index >= 15 is 0 Å². The summed E-state index contributed by atoms with van der Waals surface area (Å²) in [5, 5.41) is 1.60. The topological polar surface area (TPSA) is 30.0 Å². The van der Waals surface area contributed by atoms with Crippen molar-refractivity contribution in [2.75, 3.05) is 0 Å². The van der Waals surface area contributed by atoms with Crippen LogP contribution in [-0.4, -0.2) is 10.8 Å². The van der Waals surface area contributed by atoms with Crippen molar-refractivity contribution in [1.82, 2.24) is 4.98 Å². The molecular weight excluding hydrogens is 397 g/mol. The number of para-hydroxylation sites is 1. The molecule has 0 N–H and O–H groups in total. The third-order valence-corrected chi connectivity index (χ3v) is 4.49. The number of rotatable bonds is 3. The Morgan fingerprint density at radius 2 is 1.95 bits per heavy atom. The number of ketones is 1. The van der Waals surface area contributed by atoms with E-state index in [1.165, 1.54) is 0 Å². The Kier molecular flexibility index (Phi) is 4.22. The zero-order valence-electron chi connectivity index (χ0n) is 11.0. The van der Waals surface area contributed by atoms with Gasteiger partial charge in [0.25, 0.3) is 0 Å². The van der Waals surface area contributed by atoms with Gasteiger partial charge in [-0.05, 0) is 58.5 Å². The lowest BCUT2D eigenvalue weighted by Crippen LogP contribution is -2.06. The first-order valence-corrected chi connectivity index (χ1v) is 7.92. The van der Waals surface area contributed by atoms with E-state index in [1.807, 2.05) is 36.4 Å². The Balaban J connectivity index is 1.99. The molecule has 0 amide bonds. The second-order valence-electron chi connectivity index (χ2n) is 4.71. The van der Waals surface area contributed by atoms with Gasteiger partial charge in [0, 0.05) is 32.2 Å². The average molecular weight is 408 g/mol. The molecule has 0 aliphatic heterocycles. The number of carbonyl (C=O) groups is 1. The summed E-state index contributed by atoms with van der Waals surface area (Å²) in [5.41, 5.74) is 2.56. The van der Waals surface area contributed by atoms with Gasteiger partial charge in [0.2, 0.25) is 0 Å². The fourth-order valence-electron chi connectivity index (χ4n) is 2.29. The van der Waals surface area contributed by atoms with Gasteiger partial charge < -0.3 is 0 Å². The molecule has 0 unspecified atom stereocenters. The molecule has 0 aliphatic rings. The Labute approximate surface area is 141 Å². The highest BCUT2D eigenvalue weighted by Crippen LogP contribution is 2.22. The van der Waals surface area contributed by atoms with Crippen molar-refractivity contribution in [3.05, 3.63) is 74.4 Å². The highest BCUT2D eigenvalue weighted by Gasteiger charge is 2.13. The van der Waals surface area contributed by atoms with Crippen molar-refractivity contribution in [3.63, 3.8) is 0 Å². The summed E-state index contributed by atoms with van der Waals surface area (Å²) in [4.78, 5) is 16.9. The molecule has 2 aromatic carbocycles. The number of nitrogens with zero attached hydrogens (tertiary/aromatic N) is 1. The number of halogens is 2. The van der Waals surface area contributed by atoms with E-state index in [4.69, 9.17) is 11.6 Å². The van der Waals surface area contributed by atoms with Crippen molar-refractivity contribution in [2.24, 2.45) is 0 Å². The number of hydrogen-bond acceptors (Lipinski definition) is 2. The lowest BCUT2D eigenvalue weighted by molar-refractivity contribution is 0.0992. The van der Waals surface area contributed by atoms with Gasteiger partial charge >= 0.3 is 0 Å². The van der Waals surface area contributed by atoms with Gasteiger partial charge in [-0.3, -0.25) is 9.78 Å². The minimum Gasteiger partial charge on any atom is -0.294 e. The summed E-state index contributed by atoms with van der Waals surface area (Å²) in [7, 11) is 0. The zero-order valence-corrected chi connectivity index (χ0v) is 13.9. The molecule has 0 radical (unpaired) electrons. The molecule has 104 valence electrons. The van der Waals surface area contributed by atoms with Crippen molar-refractivity contribution in [1.29, 1.82) is 0 Å². The second-order valence-corrected chi connectivity index (χ2v) is 6.31. The van der Waals surface area contributed by atoms with Crippen LogP contribution in [0, 0.1) is 3.57 Å². The minimum absolute atomic E-state index is 0.0678. The first-order valence-electron chi connectivity index (χ1n) is 6.46. The SMILES string of the molecule is O=C(Cc1ccnc2ccccc12)c1cc(Cl)ccc1I. The van der Waals surface area contributed by atoms with Gasteiger partial charge in [-0.25, -0.2) is 0 Å². The van der Waals surface area contributed by atoms with Crippen molar-refractivity contribution in [3.8, 4) is 0 Å². The van der Waals surface area contributed by atoms with E-state index in [2.05, 4.69) is 27.6 Å². The molecule has 4 heteroatoms. The monoisotopic (exact) mass is 407 g/mol. The molecule has 0 bridgehead atoms. The second kappa shape index (κ2) is 6.12. The highest BCUT2D eigenvalue weighted by atomic mass is 127. The number of pyridine rings is 1. The van der Waals surface area contributed by atoms with E-state index in [0.29, 0.717) is 17.0 Å². The smallest absolute Gasteiger partial charge is 0.168 e. The predicted molar refractivity (Wildman–Crippen MR) is 93.9 cm³/mol. The molecule has 2 nitrogen and oxygen atoms in total. The number of fused-ring (bicyclic) bond motifs is 1. The van der Waals surface area contributed by atoms with Gasteiger partial charge in [-0.2, -0.15) is 0 Å². The summed E-state index contributed by atoms with van der Waals surface area (Å²) in [6, 6.07) is 15.1. The zero-order chi connectivity index (χ0) is 14.8. The predicted octanol–water partition coefficient (Wildman–Crippen LogP) is 4.92. The van der Waals surface area contributed by atoms with Gasteiger partial charge in [0.05, 0.1) is 5.52 Å². The first-order chi connectivity index (χ1) is 10.1. The minimum atomic E-state index is 0.0678. The van der Waals surface area contributed by atoms with Gasteiger partial charge in [-0.15, -0.1) is 0 Å². The Morgan fingerprint density at radius 1 is 1.14 bits per heavy atom. The van der Waals surface area contributed by atoms with E-state index < -0.39 is 0 Å². The number of carbonyl (C=O) groups excluding carboxylic acids is 1. The lowest BCUT2D eigenvalue weighted by Gasteiger charge is -2.07. The van der Waals surface area contributed by atoms with Crippen LogP contribution in [0.4, 0.5) is 0 Å². The normalized spacial score (nSPS) is 10.8. The molecule has 21 heavy (non-hydrogen) atoms. The Bertz CT molecular complexity index is 827. The van der Waals surface area contributed by atoms with E-state index in [9.17, 15) is 4.79 Å². The summed E-state index contributed by atoms with van der Waals surface area (Å²) in [5.74, 6) is 0.0678. The van der Waals surface area contributed by atoms with Gasteiger partial charge in [-0.1, -0.05) is 29.8 Å². The fraction of sp³-hybridized carbons (Fsp3) is 0.0588. The van der Waals surface area contributed by atoms with Crippen LogP contribution in [0.5, 0.6) is 0 Å². The molecule has 3 aromatic rings. The number of benzene rings is 2. The number of aromatic nitrogens is 1. The lowest BCUT2D eigenvalue weighted by atomic mass is 10.0. The van der Waals surface area contributed by atoms with Crippen molar-refractivity contribution < 1.29 is 4.79 Å². The molecule has 0 atom stereocenters. The van der Waals surface area contributed by atoms with Crippen LogP contribution in [0.1, 0.15) is 15.9 Å². The standard InChI is InChI=1S/C17H11ClINO/c18-12-5-6-15(19)14(10-12)17(21)9-11-7-8-20-16-4-2-1-3-13(11)16/h1-8,10H,9H2. The summed E-state index contributed by atoms with van der Waals surface area (Å²) < 4.78 is 0.917. The molecule has 3 rings (SSSR count). The Hall–Kier alpha value is -1.46. The van der Waals surface area contributed by atoms with Crippen LogP contribution in [-0.2, 0) is 6.42 Å². The van der Waals surface area contributed by atoms with Crippen LogP contribution in [0.25, 0.3) is 10.9 Å². The maximum absolute atomic E-state index is 12.5. The van der Waals surface area contributed by atoms with Crippen molar-refractivity contribution >= 4 is 50.9 Å². The van der Waals surface area contributed by atoms with Crippen LogP contribution in [0.15, 0.2) is 54.7 Å². The summed E-state index contributed by atoms with van der Waals surface area (Å²) in [6.45, 7) is 0. The first kappa shape index (κ1) is 14.5. The van der Waals surface area contributed by atoms with Crippen LogP contribution in [0.3, 0.4) is 0 Å². The van der Waals surface area contributed by atoms with Crippen LogP contribution in [0.2, 0.25) is 5.02 Å². The molecule has 1 aromatic heterocycles. The molecule has 0 saturated carbocycles. The summed E-state index contributed by atoms with van der Waals surface area (Å²) >= 11 is 8.15. The van der Waals surface area contributed by atoms with E-state index in [0.717, 1.165) is 20.0 Å². The molecular formula is C17H11ClINO. The number of hydrogen-bond donors (Lipinski definition) is 0. The maximum atomic E-state index is 12.5. The van der Waals surface area contributed by atoms with Crippen molar-refractivity contribution in [2.45, 2.75) is 6.42 Å². The fourth-order valence-corrected chi connectivity index (χ4v) is 3.10. The van der Waals surface area contributed by atoms with Crippen LogP contribution < -0.4 is 0 Å². The summed E-state index contributed by atoms with van der Waals surface area (Å²) in [6.07, 6.45) is 2.09. The quantitative estimate of drug-likeness (QED) is 0.456. The van der Waals surface area contributed by atoms with Crippen LogP contribution >= 0.6 is 34.2 Å².